The molecular weight excluding hydrogens is 275 g/mol. The second-order valence-corrected chi connectivity index (χ2v) is 9.29. The van der Waals surface area contributed by atoms with Crippen LogP contribution < -0.4 is 3.79 Å². The van der Waals surface area contributed by atoms with Gasteiger partial charge in [-0.25, -0.2) is 0 Å². The first-order valence-electron chi connectivity index (χ1n) is 7.62. The molecular formula is C18H30AlO2+. The minimum absolute atomic E-state index is 0.0533. The second kappa shape index (κ2) is 6.33. The Labute approximate surface area is 137 Å². The third-order valence-electron chi connectivity index (χ3n) is 3.20. The summed E-state index contributed by atoms with van der Waals surface area (Å²) in [5, 5.41) is 0. The van der Waals surface area contributed by atoms with Gasteiger partial charge in [-0.2, -0.15) is 0 Å². The summed E-state index contributed by atoms with van der Waals surface area (Å²) in [6.45, 7) is 19.5. The average molecular weight is 305 g/mol. The molecule has 0 aliphatic heterocycles. The van der Waals surface area contributed by atoms with Gasteiger partial charge < -0.3 is 0 Å². The summed E-state index contributed by atoms with van der Waals surface area (Å²) in [7, 11) is 0. The summed E-state index contributed by atoms with van der Waals surface area (Å²) in [4.78, 5) is 0. The van der Waals surface area contributed by atoms with Crippen LogP contribution in [-0.2, 0) is 14.6 Å². The van der Waals surface area contributed by atoms with E-state index in [1.807, 2.05) is 0 Å². The first kappa shape index (κ1) is 18.6. The molecule has 1 aromatic rings. The van der Waals surface area contributed by atoms with Crippen LogP contribution in [0.25, 0.3) is 0 Å². The van der Waals surface area contributed by atoms with E-state index >= 15 is 0 Å². The third kappa shape index (κ3) is 5.66. The first-order valence-corrected chi connectivity index (χ1v) is 8.57. The number of hydrogen-bond donors (Lipinski definition) is 0. The van der Waals surface area contributed by atoms with Gasteiger partial charge in [0.2, 0.25) is 0 Å². The summed E-state index contributed by atoms with van der Waals surface area (Å²) in [6, 6.07) is 6.47. The Bertz CT molecular complexity index is 441. The van der Waals surface area contributed by atoms with Crippen molar-refractivity contribution < 1.29 is 7.58 Å². The molecule has 1 rings (SSSR count). The molecule has 3 heteroatoms. The molecule has 0 N–H and O–H groups in total. The van der Waals surface area contributed by atoms with Crippen molar-refractivity contribution in [1.82, 2.24) is 0 Å². The molecule has 0 unspecified atom stereocenters. The van der Waals surface area contributed by atoms with Gasteiger partial charge in [-0.15, -0.1) is 0 Å². The summed E-state index contributed by atoms with van der Waals surface area (Å²) in [5.74, 6) is 1.01. The van der Waals surface area contributed by atoms with E-state index in [-0.39, 0.29) is 16.4 Å². The molecule has 0 spiro atoms. The SMILES string of the molecule is CC(C)(C)[O][Al+][O]c1c(C(C)(C)C)cccc1C(C)(C)C. The molecule has 0 saturated carbocycles. The van der Waals surface area contributed by atoms with E-state index in [4.69, 9.17) is 7.58 Å². The van der Waals surface area contributed by atoms with Gasteiger partial charge in [0.1, 0.15) is 0 Å². The Hall–Kier alpha value is -0.488. The molecule has 0 atom stereocenters. The van der Waals surface area contributed by atoms with Gasteiger partial charge >= 0.3 is 137 Å². The normalized spacial score (nSPS) is 13.0. The zero-order valence-electron chi connectivity index (χ0n) is 15.1. The Morgan fingerprint density at radius 3 is 1.52 bits per heavy atom. The van der Waals surface area contributed by atoms with Crippen molar-refractivity contribution in [3.05, 3.63) is 29.3 Å². The zero-order valence-corrected chi connectivity index (χ0v) is 16.3. The first-order chi connectivity index (χ1) is 9.32. The van der Waals surface area contributed by atoms with E-state index in [0.29, 0.717) is 0 Å². The van der Waals surface area contributed by atoms with Crippen molar-refractivity contribution in [2.24, 2.45) is 0 Å². The molecule has 0 aliphatic rings. The van der Waals surface area contributed by atoms with Crippen LogP contribution >= 0.6 is 0 Å². The topological polar surface area (TPSA) is 18.5 Å². The molecule has 2 nitrogen and oxygen atoms in total. The number of rotatable bonds is 3. The van der Waals surface area contributed by atoms with Crippen LogP contribution in [0.1, 0.15) is 73.4 Å². The van der Waals surface area contributed by atoms with E-state index in [0.717, 1.165) is 5.75 Å². The third-order valence-corrected chi connectivity index (χ3v) is 4.33. The van der Waals surface area contributed by atoms with Crippen molar-refractivity contribution in [3.63, 3.8) is 0 Å². The molecule has 21 heavy (non-hydrogen) atoms. The maximum atomic E-state index is 6.16. The molecule has 0 amide bonds. The van der Waals surface area contributed by atoms with Crippen LogP contribution in [0.3, 0.4) is 0 Å². The molecule has 0 aliphatic carbocycles. The quantitative estimate of drug-likeness (QED) is 0.731. The second-order valence-electron chi connectivity index (χ2n) is 8.63. The van der Waals surface area contributed by atoms with Crippen LogP contribution in [-0.4, -0.2) is 21.5 Å². The van der Waals surface area contributed by atoms with Gasteiger partial charge in [0.05, 0.1) is 0 Å². The number of benzene rings is 1. The number of para-hydroxylation sites is 1. The Balaban J connectivity index is 3.18. The Morgan fingerprint density at radius 1 is 0.762 bits per heavy atom. The molecule has 0 aromatic heterocycles. The van der Waals surface area contributed by atoms with Gasteiger partial charge in [0.25, 0.3) is 0 Å². The summed E-state index contributed by atoms with van der Waals surface area (Å²) in [5.41, 5.74) is 2.45. The van der Waals surface area contributed by atoms with Gasteiger partial charge in [-0.05, 0) is 0 Å². The fraction of sp³-hybridized carbons (Fsp3) is 0.667. The molecule has 0 bridgehead atoms. The summed E-state index contributed by atoms with van der Waals surface area (Å²) in [6.07, 6.45) is 0. The van der Waals surface area contributed by atoms with Crippen molar-refractivity contribution in [3.8, 4) is 5.75 Å². The monoisotopic (exact) mass is 305 g/mol. The molecule has 116 valence electrons. The molecule has 0 saturated heterocycles. The summed E-state index contributed by atoms with van der Waals surface area (Å²) < 4.78 is 12.0. The van der Waals surface area contributed by atoms with Crippen LogP contribution in [0.15, 0.2) is 18.2 Å². The Kier molecular flexibility index (Phi) is 5.59. The molecule has 1 aromatic carbocycles. The van der Waals surface area contributed by atoms with Gasteiger partial charge in [0.15, 0.2) is 0 Å². The van der Waals surface area contributed by atoms with Crippen molar-refractivity contribution in [2.45, 2.75) is 78.7 Å². The van der Waals surface area contributed by atoms with Gasteiger partial charge in [0, 0.05) is 0 Å². The zero-order chi connectivity index (χ0) is 16.5. The van der Waals surface area contributed by atoms with Gasteiger partial charge in [-0.3, -0.25) is 0 Å². The van der Waals surface area contributed by atoms with E-state index in [1.165, 1.54) is 11.1 Å². The van der Waals surface area contributed by atoms with Crippen molar-refractivity contribution in [1.29, 1.82) is 0 Å². The van der Waals surface area contributed by atoms with Crippen molar-refractivity contribution >= 4 is 15.9 Å². The van der Waals surface area contributed by atoms with Crippen molar-refractivity contribution in [2.75, 3.05) is 0 Å². The summed E-state index contributed by atoms with van der Waals surface area (Å²) >= 11 is -0.519. The van der Waals surface area contributed by atoms with Crippen LogP contribution in [0.2, 0.25) is 0 Å². The predicted molar refractivity (Wildman–Crippen MR) is 91.1 cm³/mol. The van der Waals surface area contributed by atoms with Gasteiger partial charge in [-0.1, -0.05) is 0 Å². The van der Waals surface area contributed by atoms with Crippen LogP contribution in [0, 0.1) is 0 Å². The van der Waals surface area contributed by atoms with E-state index < -0.39 is 15.9 Å². The fourth-order valence-corrected chi connectivity index (χ4v) is 2.75. The van der Waals surface area contributed by atoms with E-state index in [2.05, 4.69) is 80.5 Å². The van der Waals surface area contributed by atoms with Crippen LogP contribution in [0.5, 0.6) is 5.75 Å². The molecule has 0 radical (unpaired) electrons. The molecule has 0 fully saturated rings. The average Bonchev–Trinajstić information content (AvgIpc) is 2.24. The standard InChI is InChI=1S/C14H22O.C4H9O.Al/c1-13(2,3)10-8-7-9-11(12(10)15)14(4,5)6;1-4(2,3)5;/h7-9,15H,1-6H3;1-3H3;/q;-1;+3/p-1. The fourth-order valence-electron chi connectivity index (χ4n) is 2.06. The Morgan fingerprint density at radius 2 is 1.19 bits per heavy atom. The molecule has 0 heterocycles. The minimum atomic E-state index is -0.519. The van der Waals surface area contributed by atoms with E-state index in [1.54, 1.807) is 0 Å². The predicted octanol–water partition coefficient (Wildman–Crippen LogP) is 5.01. The maximum absolute atomic E-state index is 6.16. The van der Waals surface area contributed by atoms with E-state index in [9.17, 15) is 0 Å². The van der Waals surface area contributed by atoms with Crippen LogP contribution in [0.4, 0.5) is 0 Å². The number of hydrogen-bond acceptors (Lipinski definition) is 2.